The Hall–Kier alpha value is -6.79. The predicted molar refractivity (Wildman–Crippen MR) is 208 cm³/mol. The summed E-state index contributed by atoms with van der Waals surface area (Å²) in [6, 6.07) is 45.5. The Morgan fingerprint density at radius 3 is 1.63 bits per heavy atom. The first-order valence-electron chi connectivity index (χ1n) is 17.4. The van der Waals surface area contributed by atoms with Crippen LogP contribution in [-0.4, -0.2) is 28.7 Å². The molecule has 0 bridgehead atoms. The summed E-state index contributed by atoms with van der Waals surface area (Å²) in [4.78, 5) is 14.4. The molecule has 6 aromatic heterocycles. The molecule has 4 aromatic carbocycles. The summed E-state index contributed by atoms with van der Waals surface area (Å²) in [5.41, 5.74) is 17.0. The van der Waals surface area contributed by atoms with Gasteiger partial charge in [0, 0.05) is 57.7 Å². The van der Waals surface area contributed by atoms with E-state index in [1.54, 1.807) is 0 Å². The van der Waals surface area contributed by atoms with Crippen molar-refractivity contribution in [2.75, 3.05) is 0 Å². The smallest absolute Gasteiger partial charge is 0.0964 e. The normalized spacial score (nSPS) is 12.9. The number of nitrogens with zero attached hydrogens (tertiary/aromatic N) is 6. The van der Waals surface area contributed by atoms with Crippen LogP contribution in [0.1, 0.15) is 17.7 Å². The van der Waals surface area contributed by atoms with E-state index in [4.69, 9.17) is 15.0 Å². The van der Waals surface area contributed by atoms with Gasteiger partial charge in [-0.25, -0.2) is 0 Å². The van der Waals surface area contributed by atoms with Crippen LogP contribution in [0.25, 0.3) is 89.2 Å². The second kappa shape index (κ2) is 10.9. The number of rotatable bonds is 4. The molecule has 0 unspecified atom stereocenters. The lowest BCUT2D eigenvalue weighted by Gasteiger charge is -2.14. The third kappa shape index (κ3) is 4.14. The largest absolute Gasteiger partial charge is 0.311 e. The molecular formula is C45H30N6. The van der Waals surface area contributed by atoms with E-state index >= 15 is 0 Å². The van der Waals surface area contributed by atoms with E-state index in [2.05, 4.69) is 135 Å². The lowest BCUT2D eigenvalue weighted by Crippen LogP contribution is -2.03. The Kier molecular flexibility index (Phi) is 5.98. The number of benzene rings is 4. The van der Waals surface area contributed by atoms with Crippen LogP contribution in [0.2, 0.25) is 0 Å². The van der Waals surface area contributed by atoms with Crippen molar-refractivity contribution in [3.63, 3.8) is 0 Å². The fourth-order valence-corrected chi connectivity index (χ4v) is 8.23. The second-order valence-corrected chi connectivity index (χ2v) is 13.2. The number of pyridine rings is 3. The van der Waals surface area contributed by atoms with Gasteiger partial charge in [0.15, 0.2) is 0 Å². The van der Waals surface area contributed by atoms with Crippen LogP contribution in [0, 0.1) is 0 Å². The summed E-state index contributed by atoms with van der Waals surface area (Å²) >= 11 is 0. The van der Waals surface area contributed by atoms with Crippen LogP contribution < -0.4 is 0 Å². The molecule has 0 radical (unpaired) electrons. The third-order valence-corrected chi connectivity index (χ3v) is 10.5. The highest BCUT2D eigenvalue weighted by Gasteiger charge is 2.21. The molecule has 10 aromatic rings. The van der Waals surface area contributed by atoms with Gasteiger partial charge in [-0.1, -0.05) is 54.6 Å². The molecule has 6 heterocycles. The zero-order valence-electron chi connectivity index (χ0n) is 27.6. The van der Waals surface area contributed by atoms with E-state index in [-0.39, 0.29) is 0 Å². The molecule has 1 aliphatic carbocycles. The summed E-state index contributed by atoms with van der Waals surface area (Å²) < 4.78 is 7.02. The van der Waals surface area contributed by atoms with Crippen molar-refractivity contribution < 1.29 is 0 Å². The van der Waals surface area contributed by atoms with Crippen LogP contribution in [0.4, 0.5) is 0 Å². The van der Waals surface area contributed by atoms with Crippen molar-refractivity contribution in [3.8, 4) is 28.2 Å². The van der Waals surface area contributed by atoms with Gasteiger partial charge in [-0.15, -0.1) is 0 Å². The maximum absolute atomic E-state index is 4.90. The first kappa shape index (κ1) is 28.1. The summed E-state index contributed by atoms with van der Waals surface area (Å²) in [7, 11) is 0. The highest BCUT2D eigenvalue weighted by molar-refractivity contribution is 6.08. The maximum atomic E-state index is 4.90. The predicted octanol–water partition coefficient (Wildman–Crippen LogP) is 10.6. The van der Waals surface area contributed by atoms with Gasteiger partial charge in [0.2, 0.25) is 0 Å². The molecule has 0 amide bonds. The zero-order chi connectivity index (χ0) is 33.5. The van der Waals surface area contributed by atoms with E-state index in [0.717, 1.165) is 84.8 Å². The van der Waals surface area contributed by atoms with Gasteiger partial charge in [0.05, 0.1) is 44.1 Å². The van der Waals surface area contributed by atoms with Gasteiger partial charge in [0.25, 0.3) is 0 Å². The van der Waals surface area contributed by atoms with E-state index in [9.17, 15) is 0 Å². The Bertz CT molecular complexity index is 2960. The fourth-order valence-electron chi connectivity index (χ4n) is 8.23. The van der Waals surface area contributed by atoms with E-state index in [1.165, 1.54) is 22.4 Å². The molecule has 0 saturated carbocycles. The second-order valence-electron chi connectivity index (χ2n) is 13.2. The standard InChI is InChI=1S/C45H30N6/c1-3-10-37-34(8-1)43-40(12-5-25-46-43)49(37)31-19-15-29(16-20-31)30-17-21-32(22-18-30)50-39-24-23-33(28-36(39)45-42(50)14-7-27-48-45)51-38-11-4-2-9-35(38)44-41(51)13-6-26-47-44/h1-3,5-10,12-28H,4,11H2. The van der Waals surface area contributed by atoms with Gasteiger partial charge in [-0.3, -0.25) is 15.0 Å². The van der Waals surface area contributed by atoms with Gasteiger partial charge in [-0.2, -0.15) is 0 Å². The molecule has 0 fully saturated rings. The molecule has 0 saturated heterocycles. The SMILES string of the molecule is C1=Cc2c(n(-c3ccc4c(c3)c3ncccc3n4-c3ccc(-c4ccc(-n5c6ccccc6c6ncccc65)cc4)cc3)c3cccnc23)CC1. The van der Waals surface area contributed by atoms with Crippen molar-refractivity contribution in [1.82, 2.24) is 28.7 Å². The van der Waals surface area contributed by atoms with Crippen LogP contribution in [0.15, 0.2) is 152 Å². The first-order valence-corrected chi connectivity index (χ1v) is 17.4. The lowest BCUT2D eigenvalue weighted by atomic mass is 10.0. The molecule has 0 aliphatic heterocycles. The summed E-state index contributed by atoms with van der Waals surface area (Å²) in [5.74, 6) is 0. The minimum absolute atomic E-state index is 0.993. The topological polar surface area (TPSA) is 53.5 Å². The molecule has 0 atom stereocenters. The molecule has 11 rings (SSSR count). The molecular weight excluding hydrogens is 625 g/mol. The van der Waals surface area contributed by atoms with E-state index in [0.29, 0.717) is 0 Å². The first-order chi connectivity index (χ1) is 25.3. The minimum Gasteiger partial charge on any atom is -0.311 e. The molecule has 1 aliphatic rings. The van der Waals surface area contributed by atoms with Crippen LogP contribution in [-0.2, 0) is 6.42 Å². The van der Waals surface area contributed by atoms with Crippen molar-refractivity contribution in [2.24, 2.45) is 0 Å². The number of aromatic nitrogens is 6. The van der Waals surface area contributed by atoms with Gasteiger partial charge >= 0.3 is 0 Å². The molecule has 51 heavy (non-hydrogen) atoms. The van der Waals surface area contributed by atoms with Gasteiger partial charge in [-0.05, 0) is 109 Å². The van der Waals surface area contributed by atoms with Gasteiger partial charge < -0.3 is 13.7 Å². The minimum atomic E-state index is 0.993. The zero-order valence-corrected chi connectivity index (χ0v) is 27.6. The number of fused-ring (bicyclic) bond motifs is 9. The Balaban J connectivity index is 0.988. The summed E-state index contributed by atoms with van der Waals surface area (Å²) in [5, 5.41) is 2.30. The Morgan fingerprint density at radius 2 is 0.961 bits per heavy atom. The molecule has 6 heteroatoms. The lowest BCUT2D eigenvalue weighted by molar-refractivity contribution is 0.889. The fraction of sp³-hybridized carbons (Fsp3) is 0.0444. The third-order valence-electron chi connectivity index (χ3n) is 10.5. The monoisotopic (exact) mass is 654 g/mol. The van der Waals surface area contributed by atoms with Crippen molar-refractivity contribution in [2.45, 2.75) is 12.8 Å². The van der Waals surface area contributed by atoms with Crippen molar-refractivity contribution in [1.29, 1.82) is 0 Å². The van der Waals surface area contributed by atoms with Crippen molar-refractivity contribution in [3.05, 3.63) is 163 Å². The van der Waals surface area contributed by atoms with Crippen LogP contribution >= 0.6 is 0 Å². The highest BCUT2D eigenvalue weighted by atomic mass is 15.0. The Labute approximate surface area is 293 Å². The number of hydrogen-bond acceptors (Lipinski definition) is 3. The summed E-state index contributed by atoms with van der Waals surface area (Å²) in [6.07, 6.45) is 12.2. The average Bonchev–Trinajstić information content (AvgIpc) is 3.84. The average molecular weight is 655 g/mol. The molecule has 6 nitrogen and oxygen atoms in total. The molecule has 240 valence electrons. The molecule has 0 spiro atoms. The van der Waals surface area contributed by atoms with E-state index in [1.807, 2.05) is 36.8 Å². The highest BCUT2D eigenvalue weighted by Crippen LogP contribution is 2.37. The molecule has 0 N–H and O–H groups in total. The van der Waals surface area contributed by atoms with Gasteiger partial charge in [0.1, 0.15) is 0 Å². The number of allylic oxidation sites excluding steroid dienone is 1. The number of para-hydroxylation sites is 1. The van der Waals surface area contributed by atoms with Crippen molar-refractivity contribution >= 4 is 61.0 Å². The quantitative estimate of drug-likeness (QED) is 0.190. The van der Waals surface area contributed by atoms with Crippen LogP contribution in [0.5, 0.6) is 0 Å². The Morgan fingerprint density at radius 1 is 0.431 bits per heavy atom. The van der Waals surface area contributed by atoms with Crippen LogP contribution in [0.3, 0.4) is 0 Å². The maximum Gasteiger partial charge on any atom is 0.0964 e. The summed E-state index contributed by atoms with van der Waals surface area (Å²) in [6.45, 7) is 0. The number of hydrogen-bond donors (Lipinski definition) is 0. The van der Waals surface area contributed by atoms with E-state index < -0.39 is 0 Å².